The standard InChI is InChI=1S/C24H33N3O3/c1-3-4-11-25-24(29)21-12-20(17-30-23-10-5-18(2)26-13-23)15-27(16-21)14-19-6-8-22(28)9-7-19/h5-10,13,20-21,28H,3-4,11-12,14-17H2,1-2H3,(H,25,29)/t20-,21+/m0/s1. The monoisotopic (exact) mass is 411 g/mol. The molecule has 0 aliphatic carbocycles. The van der Waals surface area contributed by atoms with Crippen LogP contribution in [-0.2, 0) is 11.3 Å². The summed E-state index contributed by atoms with van der Waals surface area (Å²) >= 11 is 0. The molecule has 1 saturated heterocycles. The number of hydrogen-bond acceptors (Lipinski definition) is 5. The average Bonchev–Trinajstić information content (AvgIpc) is 2.75. The lowest BCUT2D eigenvalue weighted by Crippen LogP contribution is -2.47. The number of nitrogens with one attached hydrogen (secondary N) is 1. The molecule has 1 amide bonds. The minimum atomic E-state index is -0.0440. The van der Waals surface area contributed by atoms with E-state index in [0.29, 0.717) is 6.61 Å². The topological polar surface area (TPSA) is 74.7 Å². The summed E-state index contributed by atoms with van der Waals surface area (Å²) < 4.78 is 5.99. The summed E-state index contributed by atoms with van der Waals surface area (Å²) in [5.41, 5.74) is 2.09. The minimum Gasteiger partial charge on any atom is -0.508 e. The van der Waals surface area contributed by atoms with Gasteiger partial charge in [-0.15, -0.1) is 0 Å². The number of phenols is 1. The number of aromatic hydroxyl groups is 1. The summed E-state index contributed by atoms with van der Waals surface area (Å²) in [7, 11) is 0. The van der Waals surface area contributed by atoms with Gasteiger partial charge in [-0.3, -0.25) is 14.7 Å². The van der Waals surface area contributed by atoms with E-state index in [1.165, 1.54) is 0 Å². The van der Waals surface area contributed by atoms with E-state index < -0.39 is 0 Å². The number of phenolic OH excluding ortho intramolecular Hbond substituents is 1. The van der Waals surface area contributed by atoms with Gasteiger partial charge in [0.2, 0.25) is 5.91 Å². The van der Waals surface area contributed by atoms with E-state index in [2.05, 4.69) is 22.1 Å². The molecule has 1 aliphatic heterocycles. The first-order valence-corrected chi connectivity index (χ1v) is 10.9. The summed E-state index contributed by atoms with van der Waals surface area (Å²) in [6.45, 7) is 7.74. The number of unbranched alkanes of at least 4 members (excludes halogenated alkanes) is 1. The van der Waals surface area contributed by atoms with Crippen molar-refractivity contribution in [3.8, 4) is 11.5 Å². The van der Waals surface area contributed by atoms with Crippen molar-refractivity contribution in [2.24, 2.45) is 11.8 Å². The van der Waals surface area contributed by atoms with Gasteiger partial charge in [-0.2, -0.15) is 0 Å². The number of benzene rings is 1. The molecule has 1 aromatic heterocycles. The zero-order valence-corrected chi connectivity index (χ0v) is 18.0. The highest BCUT2D eigenvalue weighted by Crippen LogP contribution is 2.25. The summed E-state index contributed by atoms with van der Waals surface area (Å²) in [4.78, 5) is 19.4. The van der Waals surface area contributed by atoms with Crippen molar-refractivity contribution < 1.29 is 14.6 Å². The van der Waals surface area contributed by atoms with Crippen LogP contribution in [0, 0.1) is 18.8 Å². The number of likely N-dealkylation sites (tertiary alicyclic amines) is 1. The molecule has 1 aliphatic rings. The van der Waals surface area contributed by atoms with Gasteiger partial charge >= 0.3 is 0 Å². The van der Waals surface area contributed by atoms with Gasteiger partial charge in [0.1, 0.15) is 11.5 Å². The molecule has 0 bridgehead atoms. The number of ether oxygens (including phenoxy) is 1. The molecule has 6 heteroatoms. The van der Waals surface area contributed by atoms with Gasteiger partial charge in [0.25, 0.3) is 0 Å². The molecule has 0 spiro atoms. The van der Waals surface area contributed by atoms with Crippen LogP contribution in [0.3, 0.4) is 0 Å². The number of nitrogens with zero attached hydrogens (tertiary/aromatic N) is 2. The lowest BCUT2D eigenvalue weighted by Gasteiger charge is -2.37. The Morgan fingerprint density at radius 3 is 2.73 bits per heavy atom. The molecule has 6 nitrogen and oxygen atoms in total. The number of aryl methyl sites for hydroxylation is 1. The van der Waals surface area contributed by atoms with Crippen LogP contribution in [0.2, 0.25) is 0 Å². The van der Waals surface area contributed by atoms with Crippen LogP contribution in [0.5, 0.6) is 11.5 Å². The average molecular weight is 412 g/mol. The molecule has 3 rings (SSSR count). The van der Waals surface area contributed by atoms with E-state index in [9.17, 15) is 9.90 Å². The lowest BCUT2D eigenvalue weighted by molar-refractivity contribution is -0.127. The smallest absolute Gasteiger partial charge is 0.224 e. The Balaban J connectivity index is 1.63. The SMILES string of the molecule is CCCCNC(=O)[C@@H]1C[C@H](COc2ccc(C)nc2)CN(Cc2ccc(O)cc2)C1. The Morgan fingerprint density at radius 1 is 1.23 bits per heavy atom. The number of aromatic nitrogens is 1. The third-order valence-corrected chi connectivity index (χ3v) is 5.53. The summed E-state index contributed by atoms with van der Waals surface area (Å²) in [6.07, 6.45) is 4.65. The van der Waals surface area contributed by atoms with E-state index in [1.54, 1.807) is 18.3 Å². The van der Waals surface area contributed by atoms with Gasteiger partial charge in [0.15, 0.2) is 0 Å². The van der Waals surface area contributed by atoms with Crippen LogP contribution >= 0.6 is 0 Å². The Hall–Kier alpha value is -2.60. The van der Waals surface area contributed by atoms with Crippen molar-refractivity contribution in [1.82, 2.24) is 15.2 Å². The van der Waals surface area contributed by atoms with Crippen LogP contribution in [0.1, 0.15) is 37.4 Å². The molecule has 2 heterocycles. The maximum atomic E-state index is 12.8. The van der Waals surface area contributed by atoms with Gasteiger partial charge in [-0.25, -0.2) is 0 Å². The van der Waals surface area contributed by atoms with Crippen molar-refractivity contribution in [3.63, 3.8) is 0 Å². The van der Waals surface area contributed by atoms with Crippen molar-refractivity contribution in [2.45, 2.75) is 39.7 Å². The molecule has 2 N–H and O–H groups in total. The zero-order valence-electron chi connectivity index (χ0n) is 18.0. The van der Waals surface area contributed by atoms with Crippen LogP contribution in [0.4, 0.5) is 0 Å². The number of piperidine rings is 1. The molecule has 0 saturated carbocycles. The minimum absolute atomic E-state index is 0.0440. The summed E-state index contributed by atoms with van der Waals surface area (Å²) in [5, 5.41) is 12.6. The molecule has 162 valence electrons. The lowest BCUT2D eigenvalue weighted by atomic mass is 9.88. The predicted octanol–water partition coefficient (Wildman–Crippen LogP) is 3.53. The van der Waals surface area contributed by atoms with Crippen molar-refractivity contribution in [1.29, 1.82) is 0 Å². The van der Waals surface area contributed by atoms with Crippen LogP contribution in [-0.4, -0.2) is 47.1 Å². The highest BCUT2D eigenvalue weighted by molar-refractivity contribution is 5.79. The second-order valence-corrected chi connectivity index (χ2v) is 8.25. The predicted molar refractivity (Wildman–Crippen MR) is 117 cm³/mol. The van der Waals surface area contributed by atoms with E-state index in [0.717, 1.165) is 62.4 Å². The van der Waals surface area contributed by atoms with E-state index in [1.807, 2.05) is 31.2 Å². The fourth-order valence-electron chi connectivity index (χ4n) is 3.89. The first kappa shape index (κ1) is 22.1. The van der Waals surface area contributed by atoms with Gasteiger partial charge in [-0.1, -0.05) is 25.5 Å². The highest BCUT2D eigenvalue weighted by Gasteiger charge is 2.32. The summed E-state index contributed by atoms with van der Waals surface area (Å²) in [6, 6.07) is 11.2. The fourth-order valence-corrected chi connectivity index (χ4v) is 3.89. The molecular formula is C24H33N3O3. The number of pyridine rings is 1. The molecule has 1 aromatic carbocycles. The van der Waals surface area contributed by atoms with Gasteiger partial charge in [0.05, 0.1) is 18.7 Å². The third-order valence-electron chi connectivity index (χ3n) is 5.53. The van der Waals surface area contributed by atoms with Crippen molar-refractivity contribution >= 4 is 5.91 Å². The molecule has 0 radical (unpaired) electrons. The molecule has 2 aromatic rings. The Bertz CT molecular complexity index is 792. The fraction of sp³-hybridized carbons (Fsp3) is 0.500. The van der Waals surface area contributed by atoms with Crippen LogP contribution in [0.25, 0.3) is 0 Å². The van der Waals surface area contributed by atoms with Crippen LogP contribution in [0.15, 0.2) is 42.6 Å². The number of rotatable bonds is 9. The molecule has 1 fully saturated rings. The first-order chi connectivity index (χ1) is 14.5. The maximum Gasteiger partial charge on any atom is 0.224 e. The zero-order chi connectivity index (χ0) is 21.3. The maximum absolute atomic E-state index is 12.8. The van der Waals surface area contributed by atoms with E-state index in [4.69, 9.17) is 4.74 Å². The van der Waals surface area contributed by atoms with Crippen molar-refractivity contribution in [3.05, 3.63) is 53.9 Å². The first-order valence-electron chi connectivity index (χ1n) is 10.9. The second-order valence-electron chi connectivity index (χ2n) is 8.25. The quantitative estimate of drug-likeness (QED) is 0.618. The van der Waals surface area contributed by atoms with E-state index >= 15 is 0 Å². The van der Waals surface area contributed by atoms with Gasteiger partial charge in [0, 0.05) is 37.8 Å². The van der Waals surface area contributed by atoms with Gasteiger partial charge in [-0.05, 0) is 49.6 Å². The number of hydrogen-bond donors (Lipinski definition) is 2. The Morgan fingerprint density at radius 2 is 2.03 bits per heavy atom. The normalized spacial score (nSPS) is 19.4. The van der Waals surface area contributed by atoms with Crippen molar-refractivity contribution in [2.75, 3.05) is 26.2 Å². The second kappa shape index (κ2) is 11.0. The third kappa shape index (κ3) is 6.73. The largest absolute Gasteiger partial charge is 0.508 e. The van der Waals surface area contributed by atoms with Gasteiger partial charge < -0.3 is 15.2 Å². The number of carbonyl (C=O) groups is 1. The molecule has 30 heavy (non-hydrogen) atoms. The summed E-state index contributed by atoms with van der Waals surface area (Å²) in [5.74, 6) is 1.39. The molecular weight excluding hydrogens is 378 g/mol. The number of carbonyl (C=O) groups excluding carboxylic acids is 1. The number of amides is 1. The highest BCUT2D eigenvalue weighted by atomic mass is 16.5. The Kier molecular flexibility index (Phi) is 8.08. The Labute approximate surface area is 179 Å². The van der Waals surface area contributed by atoms with E-state index in [-0.39, 0.29) is 23.5 Å². The molecule has 2 atom stereocenters. The van der Waals surface area contributed by atoms with Crippen LogP contribution < -0.4 is 10.1 Å². The molecule has 0 unspecified atom stereocenters.